The molecule has 0 fully saturated rings. The number of hydrogen-bond donors (Lipinski definition) is 1. The summed E-state index contributed by atoms with van der Waals surface area (Å²) in [5.41, 5.74) is 2.73. The first-order valence-electron chi connectivity index (χ1n) is 8.59. The van der Waals surface area contributed by atoms with Crippen LogP contribution in [0, 0.1) is 12.8 Å². The van der Waals surface area contributed by atoms with Crippen molar-refractivity contribution in [3.8, 4) is 5.75 Å². The van der Waals surface area contributed by atoms with Crippen LogP contribution in [0.1, 0.15) is 57.6 Å². The Morgan fingerprint density at radius 2 is 2.14 bits per heavy atom. The van der Waals surface area contributed by atoms with Gasteiger partial charge in [-0.05, 0) is 56.7 Å². The van der Waals surface area contributed by atoms with Gasteiger partial charge in [-0.1, -0.05) is 38.5 Å². The highest BCUT2D eigenvalue weighted by Crippen LogP contribution is 2.31. The Balaban J connectivity index is 1.74. The third-order valence-corrected chi connectivity index (χ3v) is 4.46. The van der Waals surface area contributed by atoms with E-state index in [9.17, 15) is 0 Å². The van der Waals surface area contributed by atoms with Crippen LogP contribution in [0.15, 0.2) is 18.2 Å². The van der Waals surface area contributed by atoms with Crippen LogP contribution in [0.25, 0.3) is 0 Å². The molecule has 118 valence electrons. The minimum atomic E-state index is 0.390. The molecule has 21 heavy (non-hydrogen) atoms. The van der Waals surface area contributed by atoms with E-state index in [2.05, 4.69) is 51.2 Å². The van der Waals surface area contributed by atoms with Gasteiger partial charge in [-0.15, -0.1) is 0 Å². The molecule has 1 aliphatic rings. The molecule has 0 spiro atoms. The molecule has 0 bridgehead atoms. The zero-order valence-corrected chi connectivity index (χ0v) is 14.1. The summed E-state index contributed by atoms with van der Waals surface area (Å²) in [6.07, 6.45) is 6.37. The zero-order chi connectivity index (χ0) is 15.2. The van der Waals surface area contributed by atoms with Crippen molar-refractivity contribution in [2.24, 2.45) is 5.92 Å². The van der Waals surface area contributed by atoms with Gasteiger partial charge in [-0.2, -0.15) is 0 Å². The lowest BCUT2D eigenvalue weighted by Gasteiger charge is -2.23. The van der Waals surface area contributed by atoms with Crippen LogP contribution in [0.3, 0.4) is 0 Å². The van der Waals surface area contributed by atoms with Crippen molar-refractivity contribution in [1.82, 2.24) is 5.32 Å². The van der Waals surface area contributed by atoms with Gasteiger partial charge >= 0.3 is 0 Å². The number of aryl methyl sites for hydroxylation is 1. The summed E-state index contributed by atoms with van der Waals surface area (Å²) in [6, 6.07) is 7.19. The monoisotopic (exact) mass is 289 g/mol. The first kappa shape index (κ1) is 16.4. The summed E-state index contributed by atoms with van der Waals surface area (Å²) in [6.45, 7) is 10.2. The molecule has 1 N–H and O–H groups in total. The Kier molecular flexibility index (Phi) is 6.10. The van der Waals surface area contributed by atoms with Gasteiger partial charge in [0.25, 0.3) is 0 Å². The third-order valence-electron chi connectivity index (χ3n) is 4.46. The average molecular weight is 289 g/mol. The lowest BCUT2D eigenvalue weighted by Crippen LogP contribution is -2.34. The maximum Gasteiger partial charge on any atom is 0.123 e. The molecule has 2 rings (SSSR count). The van der Waals surface area contributed by atoms with E-state index in [1.165, 1.54) is 36.8 Å². The first-order chi connectivity index (χ1) is 10.1. The molecule has 0 radical (unpaired) electrons. The van der Waals surface area contributed by atoms with Gasteiger partial charge in [0.15, 0.2) is 0 Å². The van der Waals surface area contributed by atoms with Crippen molar-refractivity contribution in [1.29, 1.82) is 0 Å². The summed E-state index contributed by atoms with van der Waals surface area (Å²) >= 11 is 0. The van der Waals surface area contributed by atoms with Gasteiger partial charge in [-0.3, -0.25) is 0 Å². The van der Waals surface area contributed by atoms with Crippen LogP contribution < -0.4 is 10.1 Å². The SMILES string of the molecule is CCCNC(CCCC1Cc2cc(C)ccc2O1)C(C)C. The molecular formula is C19H31NO. The summed E-state index contributed by atoms with van der Waals surface area (Å²) in [7, 11) is 0. The summed E-state index contributed by atoms with van der Waals surface area (Å²) in [5.74, 6) is 1.82. The molecule has 0 saturated carbocycles. The van der Waals surface area contributed by atoms with Gasteiger partial charge in [0.05, 0.1) is 0 Å². The molecular weight excluding hydrogens is 258 g/mol. The molecule has 2 atom stereocenters. The van der Waals surface area contributed by atoms with Crippen LogP contribution in [0.2, 0.25) is 0 Å². The van der Waals surface area contributed by atoms with Crippen LogP contribution in [0.5, 0.6) is 5.75 Å². The van der Waals surface area contributed by atoms with E-state index in [-0.39, 0.29) is 0 Å². The van der Waals surface area contributed by atoms with Crippen LogP contribution in [-0.4, -0.2) is 18.7 Å². The van der Waals surface area contributed by atoms with E-state index in [0.717, 1.165) is 18.7 Å². The molecule has 0 amide bonds. The van der Waals surface area contributed by atoms with Crippen molar-refractivity contribution in [3.05, 3.63) is 29.3 Å². The van der Waals surface area contributed by atoms with Gasteiger partial charge in [0.2, 0.25) is 0 Å². The van der Waals surface area contributed by atoms with E-state index in [4.69, 9.17) is 4.74 Å². The Morgan fingerprint density at radius 1 is 1.33 bits per heavy atom. The van der Waals surface area contributed by atoms with Crippen molar-refractivity contribution in [2.75, 3.05) is 6.54 Å². The maximum absolute atomic E-state index is 6.06. The topological polar surface area (TPSA) is 21.3 Å². The maximum atomic E-state index is 6.06. The van der Waals surface area contributed by atoms with E-state index in [1.54, 1.807) is 0 Å². The zero-order valence-electron chi connectivity index (χ0n) is 14.1. The lowest BCUT2D eigenvalue weighted by atomic mass is 9.96. The fourth-order valence-corrected chi connectivity index (χ4v) is 3.18. The molecule has 2 unspecified atom stereocenters. The molecule has 0 saturated heterocycles. The van der Waals surface area contributed by atoms with E-state index < -0.39 is 0 Å². The Hall–Kier alpha value is -1.02. The summed E-state index contributed by atoms with van der Waals surface area (Å²) in [5, 5.41) is 3.68. The van der Waals surface area contributed by atoms with Crippen molar-refractivity contribution in [2.45, 2.75) is 71.9 Å². The fourth-order valence-electron chi connectivity index (χ4n) is 3.18. The number of benzene rings is 1. The van der Waals surface area contributed by atoms with Crippen LogP contribution in [0.4, 0.5) is 0 Å². The number of hydrogen-bond acceptors (Lipinski definition) is 2. The number of rotatable bonds is 8. The predicted molar refractivity (Wildman–Crippen MR) is 90.1 cm³/mol. The highest BCUT2D eigenvalue weighted by Gasteiger charge is 2.23. The quantitative estimate of drug-likeness (QED) is 0.761. The van der Waals surface area contributed by atoms with E-state index >= 15 is 0 Å². The van der Waals surface area contributed by atoms with Crippen LogP contribution >= 0.6 is 0 Å². The standard InChI is InChI=1S/C19H31NO/c1-5-11-20-18(14(2)3)8-6-7-17-13-16-12-15(4)9-10-19(16)21-17/h9-10,12,14,17-18,20H,5-8,11,13H2,1-4H3. The first-order valence-corrected chi connectivity index (χ1v) is 8.59. The summed E-state index contributed by atoms with van der Waals surface area (Å²) in [4.78, 5) is 0. The molecule has 1 aromatic carbocycles. The highest BCUT2D eigenvalue weighted by atomic mass is 16.5. The smallest absolute Gasteiger partial charge is 0.123 e. The van der Waals surface area contributed by atoms with Gasteiger partial charge < -0.3 is 10.1 Å². The van der Waals surface area contributed by atoms with Crippen molar-refractivity contribution >= 4 is 0 Å². The van der Waals surface area contributed by atoms with Crippen LogP contribution in [-0.2, 0) is 6.42 Å². The lowest BCUT2D eigenvalue weighted by molar-refractivity contribution is 0.212. The summed E-state index contributed by atoms with van der Waals surface area (Å²) < 4.78 is 6.06. The molecule has 2 heteroatoms. The second-order valence-electron chi connectivity index (χ2n) is 6.79. The number of nitrogens with one attached hydrogen (secondary N) is 1. The molecule has 0 aromatic heterocycles. The van der Waals surface area contributed by atoms with Crippen molar-refractivity contribution in [3.63, 3.8) is 0 Å². The number of fused-ring (bicyclic) bond motifs is 1. The second-order valence-corrected chi connectivity index (χ2v) is 6.79. The van der Waals surface area contributed by atoms with Gasteiger partial charge in [-0.25, -0.2) is 0 Å². The molecule has 1 aliphatic heterocycles. The normalized spacial score (nSPS) is 18.6. The second kappa shape index (κ2) is 7.84. The molecule has 0 aliphatic carbocycles. The van der Waals surface area contributed by atoms with Gasteiger partial charge in [0.1, 0.15) is 11.9 Å². The Labute approximate surface area is 130 Å². The average Bonchev–Trinajstić information content (AvgIpc) is 2.83. The van der Waals surface area contributed by atoms with Crippen molar-refractivity contribution < 1.29 is 4.74 Å². The molecule has 1 heterocycles. The van der Waals surface area contributed by atoms with Gasteiger partial charge in [0, 0.05) is 12.5 Å². The van der Waals surface area contributed by atoms with E-state index in [0.29, 0.717) is 18.1 Å². The third kappa shape index (κ3) is 4.74. The number of ether oxygens (including phenoxy) is 1. The van der Waals surface area contributed by atoms with E-state index in [1.807, 2.05) is 0 Å². The highest BCUT2D eigenvalue weighted by molar-refractivity contribution is 5.40. The Bertz CT molecular complexity index is 441. The molecule has 2 nitrogen and oxygen atoms in total. The largest absolute Gasteiger partial charge is 0.490 e. The minimum Gasteiger partial charge on any atom is -0.490 e. The predicted octanol–water partition coefficient (Wildman–Crippen LogP) is 4.49. The fraction of sp³-hybridized carbons (Fsp3) is 0.684. The Morgan fingerprint density at radius 3 is 2.86 bits per heavy atom. The molecule has 1 aromatic rings. The minimum absolute atomic E-state index is 0.390.